The van der Waals surface area contributed by atoms with Gasteiger partial charge in [0.15, 0.2) is 5.78 Å². The summed E-state index contributed by atoms with van der Waals surface area (Å²) >= 11 is 6.43. The quantitative estimate of drug-likeness (QED) is 0.284. The molecule has 2 N–H and O–H groups in total. The van der Waals surface area contributed by atoms with Crippen LogP contribution in [0.3, 0.4) is 0 Å². The minimum Gasteiger partial charge on any atom is -0.385 e. The molecule has 3 aromatic rings. The fraction of sp³-hybridized carbons (Fsp3) is 0.321. The first-order chi connectivity index (χ1) is 17.5. The lowest BCUT2D eigenvalue weighted by Gasteiger charge is -2.32. The van der Waals surface area contributed by atoms with Crippen LogP contribution in [-0.2, 0) is 11.2 Å². The zero-order valence-corrected chi connectivity index (χ0v) is 21.5. The van der Waals surface area contributed by atoms with Crippen LogP contribution in [0.5, 0.6) is 0 Å². The number of nitrogens with one attached hydrogen (secondary N) is 2. The summed E-state index contributed by atoms with van der Waals surface area (Å²) in [7, 11) is 2.18. The van der Waals surface area contributed by atoms with Gasteiger partial charge in [-0.15, -0.1) is 0 Å². The number of halogens is 1. The molecule has 2 heterocycles. The number of rotatable bonds is 11. The number of anilines is 3. The van der Waals surface area contributed by atoms with Crippen LogP contribution < -0.4 is 10.6 Å². The molecule has 7 nitrogen and oxygen atoms in total. The van der Waals surface area contributed by atoms with Gasteiger partial charge in [0, 0.05) is 56.1 Å². The molecule has 1 aliphatic heterocycles. The van der Waals surface area contributed by atoms with Crippen molar-refractivity contribution in [3.63, 3.8) is 0 Å². The van der Waals surface area contributed by atoms with Crippen molar-refractivity contribution >= 4 is 34.7 Å². The van der Waals surface area contributed by atoms with E-state index in [9.17, 15) is 4.79 Å². The molecule has 188 valence electrons. The molecule has 1 fully saturated rings. The molecule has 0 spiro atoms. The van der Waals surface area contributed by atoms with Crippen molar-refractivity contribution in [2.45, 2.75) is 12.8 Å². The van der Waals surface area contributed by atoms with Gasteiger partial charge in [-0.25, -0.2) is 9.97 Å². The first-order valence-electron chi connectivity index (χ1n) is 12.3. The topological polar surface area (TPSA) is 73.4 Å². The average Bonchev–Trinajstić information content (AvgIpc) is 2.89. The lowest BCUT2D eigenvalue weighted by molar-refractivity contribution is -0.114. The number of aromatic nitrogens is 2. The largest absolute Gasteiger partial charge is 0.385 e. The molecule has 0 amide bonds. The molecule has 0 aliphatic carbocycles. The van der Waals surface area contributed by atoms with Gasteiger partial charge < -0.3 is 20.4 Å². The number of piperazine rings is 1. The van der Waals surface area contributed by atoms with Crippen LogP contribution in [0.4, 0.5) is 17.3 Å². The van der Waals surface area contributed by atoms with Gasteiger partial charge in [-0.05, 0) is 55.9 Å². The van der Waals surface area contributed by atoms with E-state index in [4.69, 9.17) is 11.6 Å². The number of allylic oxidation sites excluding steroid dienone is 1. The highest BCUT2D eigenvalue weighted by atomic mass is 35.5. The van der Waals surface area contributed by atoms with Crippen LogP contribution in [0, 0.1) is 0 Å². The standard InChI is InChI=1S/C28H33ClN6O/c1-3-25(36)18-21-7-4-8-22(17-21)27-26(29)20-31-28(33-27)32-24-10-5-9-23(19-24)30-11-6-12-35-15-13-34(2)14-16-35/h3-5,7-10,17,19-20,30H,1,6,11-16,18H2,2H3,(H,31,32,33). The van der Waals surface area contributed by atoms with Gasteiger partial charge in [-0.1, -0.05) is 42.4 Å². The van der Waals surface area contributed by atoms with Gasteiger partial charge >= 0.3 is 0 Å². The van der Waals surface area contributed by atoms with E-state index in [1.54, 1.807) is 6.20 Å². The summed E-state index contributed by atoms with van der Waals surface area (Å²) in [4.78, 5) is 25.7. The van der Waals surface area contributed by atoms with E-state index in [2.05, 4.69) is 56.2 Å². The average molecular weight is 505 g/mol. The van der Waals surface area contributed by atoms with Crippen LogP contribution in [0.2, 0.25) is 5.02 Å². The molecule has 1 aromatic heterocycles. The molecule has 1 aliphatic rings. The Morgan fingerprint density at radius 3 is 2.69 bits per heavy atom. The molecule has 0 saturated carbocycles. The van der Waals surface area contributed by atoms with Crippen molar-refractivity contribution in [1.29, 1.82) is 0 Å². The lowest BCUT2D eigenvalue weighted by atomic mass is 10.0. The van der Waals surface area contributed by atoms with Crippen LogP contribution in [0.1, 0.15) is 12.0 Å². The van der Waals surface area contributed by atoms with Gasteiger partial charge in [-0.3, -0.25) is 4.79 Å². The first-order valence-corrected chi connectivity index (χ1v) is 12.7. The molecular weight excluding hydrogens is 472 g/mol. The maximum atomic E-state index is 11.8. The molecule has 0 atom stereocenters. The zero-order valence-electron chi connectivity index (χ0n) is 20.7. The summed E-state index contributed by atoms with van der Waals surface area (Å²) in [5, 5.41) is 7.25. The molecule has 2 aromatic carbocycles. The molecule has 0 radical (unpaired) electrons. The molecule has 4 rings (SSSR count). The maximum absolute atomic E-state index is 11.8. The molecule has 36 heavy (non-hydrogen) atoms. The number of nitrogens with zero attached hydrogens (tertiary/aromatic N) is 4. The zero-order chi connectivity index (χ0) is 25.3. The highest BCUT2D eigenvalue weighted by Crippen LogP contribution is 2.28. The molecule has 8 heteroatoms. The number of benzene rings is 2. The molecule has 0 unspecified atom stereocenters. The third-order valence-electron chi connectivity index (χ3n) is 6.25. The van der Waals surface area contributed by atoms with Crippen molar-refractivity contribution in [1.82, 2.24) is 19.8 Å². The van der Waals surface area contributed by atoms with E-state index < -0.39 is 0 Å². The fourth-order valence-electron chi connectivity index (χ4n) is 4.17. The van der Waals surface area contributed by atoms with Crippen molar-refractivity contribution in [3.8, 4) is 11.3 Å². The van der Waals surface area contributed by atoms with Gasteiger partial charge in [0.25, 0.3) is 0 Å². The Balaban J connectivity index is 1.37. The van der Waals surface area contributed by atoms with E-state index in [-0.39, 0.29) is 5.78 Å². The SMILES string of the molecule is C=CC(=O)Cc1cccc(-c2nc(Nc3cccc(NCCCN4CCN(C)CC4)c3)ncc2Cl)c1. The summed E-state index contributed by atoms with van der Waals surface area (Å²) in [6, 6.07) is 15.7. The summed E-state index contributed by atoms with van der Waals surface area (Å²) < 4.78 is 0. The predicted octanol–water partition coefficient (Wildman–Crippen LogP) is 4.89. The minimum atomic E-state index is -0.0314. The summed E-state index contributed by atoms with van der Waals surface area (Å²) in [5.41, 5.74) is 4.26. The third kappa shape index (κ3) is 7.37. The summed E-state index contributed by atoms with van der Waals surface area (Å²) in [5.74, 6) is 0.422. The molecule has 0 bridgehead atoms. The fourth-order valence-corrected chi connectivity index (χ4v) is 4.37. The lowest BCUT2D eigenvalue weighted by Crippen LogP contribution is -2.44. The van der Waals surface area contributed by atoms with Crippen LogP contribution in [0.25, 0.3) is 11.3 Å². The van der Waals surface area contributed by atoms with Gasteiger partial charge in [-0.2, -0.15) is 0 Å². The smallest absolute Gasteiger partial charge is 0.227 e. The second kappa shape index (κ2) is 12.6. The number of hydrogen-bond donors (Lipinski definition) is 2. The molecule has 1 saturated heterocycles. The third-order valence-corrected chi connectivity index (χ3v) is 6.52. The van der Waals surface area contributed by atoms with E-state index in [0.29, 0.717) is 23.1 Å². The molecular formula is C28H33ClN6O. The number of ketones is 1. The highest BCUT2D eigenvalue weighted by molar-refractivity contribution is 6.32. The number of hydrogen-bond acceptors (Lipinski definition) is 7. The van der Waals surface area contributed by atoms with E-state index in [1.807, 2.05) is 36.4 Å². The van der Waals surface area contributed by atoms with Gasteiger partial charge in [0.2, 0.25) is 5.95 Å². The Morgan fingerprint density at radius 2 is 1.89 bits per heavy atom. The Morgan fingerprint density at radius 1 is 1.11 bits per heavy atom. The van der Waals surface area contributed by atoms with Crippen molar-refractivity contribution in [3.05, 3.63) is 78.0 Å². The van der Waals surface area contributed by atoms with Crippen molar-refractivity contribution < 1.29 is 4.79 Å². The van der Waals surface area contributed by atoms with Crippen LogP contribution >= 0.6 is 11.6 Å². The van der Waals surface area contributed by atoms with Crippen LogP contribution in [0.15, 0.2) is 67.4 Å². The summed E-state index contributed by atoms with van der Waals surface area (Å²) in [6.07, 6.45) is 4.32. The Labute approximate surface area is 218 Å². The maximum Gasteiger partial charge on any atom is 0.227 e. The Hall–Kier alpha value is -3.26. The van der Waals surface area contributed by atoms with Crippen LogP contribution in [-0.4, -0.2) is 71.9 Å². The highest BCUT2D eigenvalue weighted by Gasteiger charge is 2.13. The van der Waals surface area contributed by atoms with E-state index in [0.717, 1.165) is 68.2 Å². The Bertz CT molecular complexity index is 1190. The number of carbonyl (C=O) groups excluding carboxylic acids is 1. The Kier molecular flexibility index (Phi) is 9.06. The predicted molar refractivity (Wildman–Crippen MR) is 148 cm³/mol. The van der Waals surface area contributed by atoms with Crippen molar-refractivity contribution in [2.24, 2.45) is 0 Å². The first kappa shape index (κ1) is 25.8. The van der Waals surface area contributed by atoms with E-state index in [1.165, 1.54) is 6.08 Å². The number of likely N-dealkylation sites (N-methyl/N-ethyl adjacent to an activating group) is 1. The summed E-state index contributed by atoms with van der Waals surface area (Å²) in [6.45, 7) is 10.2. The monoisotopic (exact) mass is 504 g/mol. The van der Waals surface area contributed by atoms with Gasteiger partial charge in [0.05, 0.1) is 16.9 Å². The normalized spacial score (nSPS) is 14.4. The van der Waals surface area contributed by atoms with Crippen molar-refractivity contribution in [2.75, 3.05) is 56.9 Å². The minimum absolute atomic E-state index is 0.0314. The van der Waals surface area contributed by atoms with Gasteiger partial charge in [0.1, 0.15) is 0 Å². The number of carbonyl (C=O) groups is 1. The van der Waals surface area contributed by atoms with E-state index >= 15 is 0 Å². The second-order valence-corrected chi connectivity index (χ2v) is 9.48. The second-order valence-electron chi connectivity index (χ2n) is 9.07.